The predicted molar refractivity (Wildman–Crippen MR) is 164 cm³/mol. The van der Waals surface area contributed by atoms with Gasteiger partial charge in [-0.3, -0.25) is 9.59 Å². The Bertz CT molecular complexity index is 1650. The highest BCUT2D eigenvalue weighted by molar-refractivity contribution is 9.26. The van der Waals surface area contributed by atoms with Crippen LogP contribution in [0, 0.1) is 0 Å². The van der Waals surface area contributed by atoms with Gasteiger partial charge in [0, 0.05) is 12.6 Å². The fourth-order valence-corrected chi connectivity index (χ4v) is 13.8. The minimum Gasteiger partial charge on any atom is -0.493 e. The number of aliphatic hydroxyl groups is 2. The molecule has 230 valence electrons. The quantitative estimate of drug-likeness (QED) is 0.353. The number of hydrogen-bond donors (Lipinski definition) is 2. The number of likely N-dealkylation sites (N-methyl/N-ethyl adjacent to an activating group) is 1. The van der Waals surface area contributed by atoms with Crippen LogP contribution in [0.3, 0.4) is 0 Å². The largest absolute Gasteiger partial charge is 0.493 e. The second-order valence-corrected chi connectivity index (χ2v) is 16.4. The smallest absolute Gasteiger partial charge is 0.338 e. The fraction of sp³-hybridized carbons (Fsp3) is 0.321. The van der Waals surface area contributed by atoms with Crippen molar-refractivity contribution < 1.29 is 48.3 Å². The molecule has 2 amide bonds. The van der Waals surface area contributed by atoms with E-state index in [2.05, 4.69) is 0 Å². The number of amides is 2. The summed E-state index contributed by atoms with van der Waals surface area (Å²) in [6.07, 6.45) is -0.278. The van der Waals surface area contributed by atoms with Gasteiger partial charge in [-0.15, -0.1) is 0 Å². The van der Waals surface area contributed by atoms with Crippen LogP contribution < -0.4 is 14.2 Å². The molecule has 16 heteroatoms. The van der Waals surface area contributed by atoms with Crippen LogP contribution in [0.5, 0.6) is 23.0 Å². The molecule has 44 heavy (non-hydrogen) atoms. The number of piperazine rings is 1. The lowest BCUT2D eigenvalue weighted by molar-refractivity contribution is -0.174. The van der Waals surface area contributed by atoms with Crippen molar-refractivity contribution in [2.45, 2.75) is 34.1 Å². The number of fused-ring (bicyclic) bond motifs is 8. The third-order valence-corrected chi connectivity index (χ3v) is 15.5. The molecule has 6 atom stereocenters. The van der Waals surface area contributed by atoms with Crippen molar-refractivity contribution in [2.75, 3.05) is 21.3 Å². The van der Waals surface area contributed by atoms with E-state index in [9.17, 15) is 24.6 Å². The lowest BCUT2D eigenvalue weighted by atomic mass is 9.93. The van der Waals surface area contributed by atoms with Crippen LogP contribution in [0.4, 0.5) is 0 Å². The van der Waals surface area contributed by atoms with Gasteiger partial charge in [-0.05, 0) is 83.2 Å². The highest BCUT2D eigenvalue weighted by Gasteiger charge is 2.75. The van der Waals surface area contributed by atoms with E-state index in [1.54, 1.807) is 18.2 Å². The first kappa shape index (κ1) is 29.6. The molecule has 8 rings (SSSR count). The molecule has 0 saturated carbocycles. The molecule has 6 aliphatic heterocycles. The Morgan fingerprint density at radius 1 is 0.886 bits per heavy atom. The maximum Gasteiger partial charge on any atom is 0.338 e. The van der Waals surface area contributed by atoms with Crippen molar-refractivity contribution in [3.05, 3.63) is 71.7 Å². The lowest BCUT2D eigenvalue weighted by Crippen LogP contribution is -2.76. The third kappa shape index (κ3) is 3.94. The summed E-state index contributed by atoms with van der Waals surface area (Å²) in [7, 11) is 8.77. The van der Waals surface area contributed by atoms with Gasteiger partial charge < -0.3 is 43.7 Å². The Labute approximate surface area is 266 Å². The Morgan fingerprint density at radius 2 is 1.57 bits per heavy atom. The Kier molecular flexibility index (Phi) is 7.21. The van der Waals surface area contributed by atoms with E-state index in [-0.39, 0.29) is 28.2 Å². The van der Waals surface area contributed by atoms with Crippen LogP contribution in [0.15, 0.2) is 60.6 Å². The van der Waals surface area contributed by atoms with Gasteiger partial charge in [0.25, 0.3) is 11.8 Å². The van der Waals surface area contributed by atoms with Crippen LogP contribution in [-0.2, 0) is 19.1 Å². The molecule has 6 aliphatic rings. The topological polar surface area (TPSA) is 144 Å². The number of benzene rings is 2. The summed E-state index contributed by atoms with van der Waals surface area (Å²) in [4.78, 5) is 41.8. The number of hydrogen-bond acceptors (Lipinski definition) is 14. The third-order valence-electron chi connectivity index (χ3n) is 8.25. The minimum absolute atomic E-state index is 0.105. The molecule has 0 radical (unpaired) electrons. The Morgan fingerprint density at radius 3 is 2.30 bits per heavy atom. The van der Waals surface area contributed by atoms with Gasteiger partial charge in [-0.25, -0.2) is 4.79 Å². The van der Waals surface area contributed by atoms with Gasteiger partial charge in [0.15, 0.2) is 23.0 Å². The van der Waals surface area contributed by atoms with Crippen molar-refractivity contribution >= 4 is 59.0 Å². The first-order valence-electron chi connectivity index (χ1n) is 13.1. The van der Waals surface area contributed by atoms with Gasteiger partial charge >= 0.3 is 5.97 Å². The van der Waals surface area contributed by atoms with E-state index in [4.69, 9.17) is 23.7 Å². The SMILES string of the molecule is COc1ccc2cc1Oc1cc(ccc1OC)[C@H](O)C13SSSS[C@@]4(C(=O)N1C)[C@H](O)C1=COC=C[C@H](OC2=O)[C@H]1N4C3=O. The maximum atomic E-state index is 15.0. The number of carbonyl (C=O) groups is 3. The van der Waals surface area contributed by atoms with E-state index < -0.39 is 51.9 Å². The summed E-state index contributed by atoms with van der Waals surface area (Å²) in [5, 5.41) is 23.9. The Hall–Kier alpha value is -3.15. The predicted octanol–water partition coefficient (Wildman–Crippen LogP) is 3.62. The number of methoxy groups -OCH3 is 2. The van der Waals surface area contributed by atoms with Gasteiger partial charge in [-0.2, -0.15) is 0 Å². The van der Waals surface area contributed by atoms with Crippen LogP contribution in [0.1, 0.15) is 22.0 Å². The molecule has 2 N–H and O–H groups in total. The molecule has 4 fully saturated rings. The molecule has 2 spiro atoms. The van der Waals surface area contributed by atoms with Crippen molar-refractivity contribution in [2.24, 2.45) is 0 Å². The van der Waals surface area contributed by atoms with Crippen molar-refractivity contribution in [1.82, 2.24) is 9.80 Å². The molecular formula is C28H24N2O10S4. The molecule has 2 aromatic rings. The molecule has 12 nitrogen and oxygen atoms in total. The average molecular weight is 677 g/mol. The van der Waals surface area contributed by atoms with Crippen LogP contribution in [-0.4, -0.2) is 87.1 Å². The summed E-state index contributed by atoms with van der Waals surface area (Å²) >= 11 is 0. The second-order valence-electron chi connectivity index (χ2n) is 10.3. The van der Waals surface area contributed by atoms with Gasteiger partial charge in [0.1, 0.15) is 24.4 Å². The zero-order valence-electron chi connectivity index (χ0n) is 23.2. The molecule has 1 unspecified atom stereocenters. The molecule has 2 aromatic carbocycles. The second kappa shape index (κ2) is 10.7. The highest BCUT2D eigenvalue weighted by atomic mass is 33.7. The molecule has 4 saturated heterocycles. The van der Waals surface area contributed by atoms with E-state index in [0.29, 0.717) is 11.5 Å². The van der Waals surface area contributed by atoms with E-state index in [0.717, 1.165) is 21.6 Å². The van der Waals surface area contributed by atoms with E-state index in [1.807, 2.05) is 0 Å². The average Bonchev–Trinajstić information content (AvgIpc) is 3.12. The maximum absolute atomic E-state index is 15.0. The number of esters is 1. The van der Waals surface area contributed by atoms with Crippen molar-refractivity contribution in [3.8, 4) is 23.0 Å². The normalized spacial score (nSPS) is 32.2. The van der Waals surface area contributed by atoms with E-state index in [1.165, 1.54) is 87.5 Å². The lowest BCUT2D eigenvalue weighted by Gasteiger charge is -2.56. The van der Waals surface area contributed by atoms with Gasteiger partial charge in [0.05, 0.1) is 32.3 Å². The minimum atomic E-state index is -1.90. The highest BCUT2D eigenvalue weighted by Crippen LogP contribution is 2.67. The summed E-state index contributed by atoms with van der Waals surface area (Å²) in [5.74, 6) is -1.11. The first-order valence-corrected chi connectivity index (χ1v) is 18.0. The van der Waals surface area contributed by atoms with E-state index >= 15 is 0 Å². The zero-order chi connectivity index (χ0) is 31.0. The van der Waals surface area contributed by atoms with Gasteiger partial charge in [0.2, 0.25) is 9.74 Å². The fourth-order valence-electron chi connectivity index (χ4n) is 6.05. The number of aliphatic hydroxyl groups excluding tert-OH is 2. The van der Waals surface area contributed by atoms with Crippen molar-refractivity contribution in [3.63, 3.8) is 0 Å². The monoisotopic (exact) mass is 676 g/mol. The molecule has 6 heterocycles. The molecule has 0 aliphatic carbocycles. The molecule has 0 aromatic heterocycles. The number of rotatable bonds is 2. The summed E-state index contributed by atoms with van der Waals surface area (Å²) in [6.45, 7) is 0. The standard InChI is InChI=1S/C28H24N2O10S4/c1-29-25(34)28-23(32)15-12-38-9-8-18-21(15)30(28)26(35)27(29,41-43-44-42-28)22(31)13-4-6-16(36-2)19(10-13)39-20-11-14(24(33)40-18)5-7-17(20)37-3/h4-12,18,21-23,31-32H,1-3H3/t18-,21-,22-,23+,27?,28+/m0/s1. The first-order chi connectivity index (χ1) is 21.2. The van der Waals surface area contributed by atoms with Gasteiger partial charge in [-0.1, -0.05) is 6.07 Å². The summed E-state index contributed by atoms with van der Waals surface area (Å²) in [6, 6.07) is 8.02. The van der Waals surface area contributed by atoms with Crippen LogP contribution in [0.2, 0.25) is 0 Å². The summed E-state index contributed by atoms with van der Waals surface area (Å²) in [5.41, 5.74) is 0.530. The zero-order valence-corrected chi connectivity index (χ0v) is 26.5. The van der Waals surface area contributed by atoms with Crippen molar-refractivity contribution in [1.29, 1.82) is 0 Å². The Balaban J connectivity index is 1.51. The summed E-state index contributed by atoms with van der Waals surface area (Å²) < 4.78 is 28.7. The molecular weight excluding hydrogens is 653 g/mol. The number of carbonyl (C=O) groups excluding carboxylic acids is 3. The van der Waals surface area contributed by atoms with Crippen LogP contribution in [0.25, 0.3) is 0 Å². The number of nitrogens with zero attached hydrogens (tertiary/aromatic N) is 2. The molecule has 7 bridgehead atoms. The number of ether oxygens (including phenoxy) is 5. The van der Waals surface area contributed by atoms with Crippen LogP contribution >= 0.6 is 41.2 Å².